The lowest BCUT2D eigenvalue weighted by atomic mass is 10.1. The Balaban J connectivity index is 0.000000465. The molecule has 0 atom stereocenters. The molecule has 0 saturated carbocycles. The zero-order valence-electron chi connectivity index (χ0n) is 20.9. The van der Waals surface area contributed by atoms with Gasteiger partial charge in [-0.1, -0.05) is 64.1 Å². The van der Waals surface area contributed by atoms with Crippen molar-refractivity contribution in [3.05, 3.63) is 70.8 Å². The molecule has 1 aliphatic heterocycles. The van der Waals surface area contributed by atoms with Gasteiger partial charge in [0.25, 0.3) is 0 Å². The van der Waals surface area contributed by atoms with Crippen LogP contribution < -0.4 is 10.6 Å². The molecule has 2 aromatic rings. The summed E-state index contributed by atoms with van der Waals surface area (Å²) in [4.78, 5) is 64.1. The smallest absolute Gasteiger partial charge is 0.346 e. The maximum atomic E-state index is 11.1. The number of benzene rings is 2. The second-order valence-electron chi connectivity index (χ2n) is 6.43. The lowest BCUT2D eigenvalue weighted by Crippen LogP contribution is -2.34. The van der Waals surface area contributed by atoms with Crippen molar-refractivity contribution in [2.24, 2.45) is 0 Å². The number of amides is 2. The number of carbonyl (C=O) groups is 6. The van der Waals surface area contributed by atoms with Crippen LogP contribution >= 0.6 is 0 Å². The molecular weight excluding hydrogens is 452 g/mol. The van der Waals surface area contributed by atoms with Crippen LogP contribution in [0, 0.1) is 0 Å². The molecule has 0 aromatic heterocycles. The molecule has 2 aromatic carbocycles. The Hall–Kier alpha value is -4.14. The normalized spacial score (nSPS) is 11.8. The van der Waals surface area contributed by atoms with Gasteiger partial charge in [-0.3, -0.25) is 19.2 Å². The fourth-order valence-electron chi connectivity index (χ4n) is 2.63. The predicted molar refractivity (Wildman–Crippen MR) is 131 cm³/mol. The molecule has 35 heavy (non-hydrogen) atoms. The Labute approximate surface area is 205 Å². The van der Waals surface area contributed by atoms with Gasteiger partial charge in [0.1, 0.15) is 0 Å². The minimum Gasteiger partial charge on any atom is -0.386 e. The van der Waals surface area contributed by atoms with Crippen LogP contribution in [0.3, 0.4) is 0 Å². The SMILES string of the molecule is CC.CC.CC(=O)NCNC(C)=O.O=C1CC(=O)c2ccccc21.O=C1OC(=O)c2ccccc21. The first-order valence-corrected chi connectivity index (χ1v) is 11.2. The zero-order valence-corrected chi connectivity index (χ0v) is 20.9. The van der Waals surface area contributed by atoms with Crippen LogP contribution in [-0.4, -0.2) is 42.0 Å². The van der Waals surface area contributed by atoms with Gasteiger partial charge in [-0.15, -0.1) is 0 Å². The van der Waals surface area contributed by atoms with E-state index in [1.807, 2.05) is 27.7 Å². The second kappa shape index (κ2) is 16.5. The number of carbonyl (C=O) groups excluding carboxylic acids is 6. The van der Waals surface area contributed by atoms with Crippen LogP contribution in [0.1, 0.15) is 89.4 Å². The molecule has 4 rings (SSSR count). The number of nitrogens with one attached hydrogen (secondary N) is 2. The maximum absolute atomic E-state index is 11.1. The first-order valence-electron chi connectivity index (χ1n) is 11.2. The van der Waals surface area contributed by atoms with Crippen LogP contribution in [0.5, 0.6) is 0 Å². The van der Waals surface area contributed by atoms with Gasteiger partial charge in [0.2, 0.25) is 11.8 Å². The maximum Gasteiger partial charge on any atom is 0.346 e. The van der Waals surface area contributed by atoms with E-state index in [0.717, 1.165) is 0 Å². The molecule has 2 N–H and O–H groups in total. The van der Waals surface area contributed by atoms with Crippen molar-refractivity contribution in [1.29, 1.82) is 0 Å². The first kappa shape index (κ1) is 30.9. The van der Waals surface area contributed by atoms with Crippen molar-refractivity contribution >= 4 is 35.3 Å². The van der Waals surface area contributed by atoms with E-state index in [4.69, 9.17) is 0 Å². The minimum atomic E-state index is -0.550. The van der Waals surface area contributed by atoms with Crippen molar-refractivity contribution < 1.29 is 33.5 Å². The van der Waals surface area contributed by atoms with Gasteiger partial charge in [-0.2, -0.15) is 0 Å². The molecule has 0 spiro atoms. The number of hydrogen-bond donors (Lipinski definition) is 2. The van der Waals surface area contributed by atoms with Crippen molar-refractivity contribution in [2.45, 2.75) is 48.0 Å². The standard InChI is InChI=1S/C9H6O2.C8H4O3.C5H10N2O2.2C2H6/c10-8-5-9(11)7-4-2-1-3-6(7)8;9-7-5-3-1-2-4-6(5)8(10)11-7;1-4(8)6-3-7-5(2)9;2*1-2/h1-4H,5H2;1-4H;3H2,1-2H3,(H,6,8)(H,7,9);2*1-2H3. The summed E-state index contributed by atoms with van der Waals surface area (Å²) in [6.07, 6.45) is 0.0549. The quantitative estimate of drug-likeness (QED) is 0.377. The van der Waals surface area contributed by atoms with Crippen molar-refractivity contribution in [3.8, 4) is 0 Å². The highest BCUT2D eigenvalue weighted by molar-refractivity contribution is 6.24. The summed E-state index contributed by atoms with van der Waals surface area (Å²) in [6, 6.07) is 13.5. The molecule has 0 saturated heterocycles. The summed E-state index contributed by atoms with van der Waals surface area (Å²) in [7, 11) is 0. The van der Waals surface area contributed by atoms with Crippen molar-refractivity contribution in [1.82, 2.24) is 10.6 Å². The van der Waals surface area contributed by atoms with Crippen LogP contribution in [0.25, 0.3) is 0 Å². The monoisotopic (exact) mass is 484 g/mol. The van der Waals surface area contributed by atoms with Crippen LogP contribution in [0.4, 0.5) is 0 Å². The predicted octanol–water partition coefficient (Wildman–Crippen LogP) is 3.72. The minimum absolute atomic E-state index is 0.0504. The molecule has 9 nitrogen and oxygen atoms in total. The van der Waals surface area contributed by atoms with Crippen LogP contribution in [0.15, 0.2) is 48.5 Å². The summed E-state index contributed by atoms with van der Waals surface area (Å²) in [5.41, 5.74) is 1.88. The molecule has 9 heteroatoms. The molecule has 0 radical (unpaired) electrons. The van der Waals surface area contributed by atoms with E-state index in [2.05, 4.69) is 15.4 Å². The third kappa shape index (κ3) is 10.1. The number of rotatable bonds is 2. The summed E-state index contributed by atoms with van der Waals surface area (Å²) in [5.74, 6) is -1.50. The molecule has 0 fully saturated rings. The average molecular weight is 485 g/mol. The second-order valence-corrected chi connectivity index (χ2v) is 6.43. The lowest BCUT2D eigenvalue weighted by molar-refractivity contribution is -0.120. The van der Waals surface area contributed by atoms with Gasteiger partial charge >= 0.3 is 11.9 Å². The van der Waals surface area contributed by atoms with Gasteiger partial charge in [0.15, 0.2) is 11.6 Å². The molecule has 188 valence electrons. The molecule has 1 heterocycles. The third-order valence-corrected chi connectivity index (χ3v) is 4.08. The lowest BCUT2D eigenvalue weighted by Gasteiger charge is -2.00. The molecular formula is C26H32N2O7. The number of ether oxygens (including phenoxy) is 1. The summed E-state index contributed by atoms with van der Waals surface area (Å²) in [5, 5.41) is 4.81. The van der Waals surface area contributed by atoms with E-state index < -0.39 is 11.9 Å². The van der Waals surface area contributed by atoms with Crippen molar-refractivity contribution in [3.63, 3.8) is 0 Å². The number of cyclic esters (lactones) is 2. The van der Waals surface area contributed by atoms with Crippen LogP contribution in [-0.2, 0) is 14.3 Å². The van der Waals surface area contributed by atoms with E-state index in [1.165, 1.54) is 13.8 Å². The number of fused-ring (bicyclic) bond motifs is 2. The third-order valence-electron chi connectivity index (χ3n) is 4.08. The molecule has 2 aliphatic rings. The van der Waals surface area contributed by atoms with Crippen LogP contribution in [0.2, 0.25) is 0 Å². The average Bonchev–Trinajstić information content (AvgIpc) is 3.31. The Morgan fingerprint density at radius 1 is 0.657 bits per heavy atom. The first-order chi connectivity index (χ1) is 16.7. The number of Topliss-reactive ketones (excluding diaryl/α,β-unsaturated/α-hetero) is 2. The summed E-state index contributed by atoms with van der Waals surface area (Å²) < 4.78 is 4.35. The summed E-state index contributed by atoms with van der Waals surface area (Å²) >= 11 is 0. The molecule has 0 unspecified atom stereocenters. The number of hydrogen-bond acceptors (Lipinski definition) is 7. The molecule has 1 aliphatic carbocycles. The number of esters is 2. The van der Waals surface area contributed by atoms with Gasteiger partial charge in [-0.05, 0) is 12.1 Å². The fourth-order valence-corrected chi connectivity index (χ4v) is 2.63. The zero-order chi connectivity index (χ0) is 27.0. The topological polar surface area (TPSA) is 136 Å². The van der Waals surface area contributed by atoms with Crippen molar-refractivity contribution in [2.75, 3.05) is 6.67 Å². The highest BCUT2D eigenvalue weighted by Gasteiger charge is 2.28. The van der Waals surface area contributed by atoms with E-state index >= 15 is 0 Å². The highest BCUT2D eigenvalue weighted by Crippen LogP contribution is 2.20. The van der Waals surface area contributed by atoms with Gasteiger partial charge in [0.05, 0.1) is 24.2 Å². The largest absolute Gasteiger partial charge is 0.386 e. The van der Waals surface area contributed by atoms with E-state index in [0.29, 0.717) is 22.3 Å². The van der Waals surface area contributed by atoms with E-state index in [-0.39, 0.29) is 36.5 Å². The summed E-state index contributed by atoms with van der Waals surface area (Å²) in [6.45, 7) is 11.0. The molecule has 0 bridgehead atoms. The van der Waals surface area contributed by atoms with Gasteiger partial charge in [-0.25, -0.2) is 9.59 Å². The fraction of sp³-hybridized carbons (Fsp3) is 0.308. The Kier molecular flexibility index (Phi) is 14.5. The Morgan fingerprint density at radius 3 is 1.29 bits per heavy atom. The van der Waals surface area contributed by atoms with E-state index in [1.54, 1.807) is 48.5 Å². The number of ketones is 2. The Morgan fingerprint density at radius 2 is 0.971 bits per heavy atom. The highest BCUT2D eigenvalue weighted by atomic mass is 16.6. The molecule has 2 amide bonds. The Bertz CT molecular complexity index is 912. The van der Waals surface area contributed by atoms with Gasteiger partial charge in [0, 0.05) is 25.0 Å². The van der Waals surface area contributed by atoms with E-state index in [9.17, 15) is 28.8 Å². The van der Waals surface area contributed by atoms with Gasteiger partial charge < -0.3 is 15.4 Å².